The number of benzene rings is 1. The Hall–Kier alpha value is -1.80. The van der Waals surface area contributed by atoms with Crippen LogP contribution in [0.4, 0.5) is 0 Å². The van der Waals surface area contributed by atoms with Crippen LogP contribution in [0.25, 0.3) is 0 Å². The van der Waals surface area contributed by atoms with Gasteiger partial charge in [0.25, 0.3) is 0 Å². The Morgan fingerprint density at radius 2 is 1.12 bits per heavy atom. The molecule has 6 nitrogen and oxygen atoms in total. The first-order valence-corrected chi connectivity index (χ1v) is 14.0. The molecule has 166 valence electrons. The molecule has 32 heavy (non-hydrogen) atoms. The van der Waals surface area contributed by atoms with E-state index in [0.717, 1.165) is 21.8 Å². The normalized spacial score (nSPS) is 20.8. The van der Waals surface area contributed by atoms with Crippen molar-refractivity contribution in [3.63, 3.8) is 0 Å². The van der Waals surface area contributed by atoms with Gasteiger partial charge in [0.05, 0.1) is 0 Å². The smallest absolute Gasteiger partial charge is 0.191 e. The van der Waals surface area contributed by atoms with Crippen molar-refractivity contribution in [2.45, 2.75) is 97.1 Å². The molecule has 0 saturated heterocycles. The molecule has 0 bridgehead atoms. The third-order valence-electron chi connectivity index (χ3n) is 6.82. The summed E-state index contributed by atoms with van der Waals surface area (Å²) >= 11 is 3.68. The average Bonchev–Trinajstić information content (AvgIpc) is 3.66. The van der Waals surface area contributed by atoms with Crippen LogP contribution < -0.4 is 0 Å². The molecule has 7 rings (SSSR count). The van der Waals surface area contributed by atoms with E-state index < -0.39 is 0 Å². The predicted octanol–water partition coefficient (Wildman–Crippen LogP) is 5.88. The second kappa shape index (κ2) is 7.90. The van der Waals surface area contributed by atoms with Gasteiger partial charge in [0.1, 0.15) is 11.6 Å². The van der Waals surface area contributed by atoms with Gasteiger partial charge >= 0.3 is 0 Å². The fourth-order valence-electron chi connectivity index (χ4n) is 4.47. The summed E-state index contributed by atoms with van der Waals surface area (Å²) in [6, 6.07) is 10.3. The Bertz CT molecular complexity index is 1050. The topological polar surface area (TPSA) is 61.4 Å². The van der Waals surface area contributed by atoms with Gasteiger partial charge in [0.15, 0.2) is 10.3 Å². The van der Waals surface area contributed by atoms with E-state index in [0.29, 0.717) is 23.9 Å². The van der Waals surface area contributed by atoms with E-state index in [9.17, 15) is 0 Å². The molecule has 0 unspecified atom stereocenters. The van der Waals surface area contributed by atoms with Crippen molar-refractivity contribution in [1.29, 1.82) is 0 Å². The number of hydrogen-bond donors (Lipinski definition) is 0. The molecule has 0 spiro atoms. The van der Waals surface area contributed by atoms with Crippen LogP contribution in [0.1, 0.15) is 98.1 Å². The summed E-state index contributed by atoms with van der Waals surface area (Å²) < 4.78 is 4.90. The third-order valence-corrected chi connectivity index (χ3v) is 8.85. The van der Waals surface area contributed by atoms with Gasteiger partial charge in [0.2, 0.25) is 0 Å². The Labute approximate surface area is 197 Å². The second-order valence-corrected chi connectivity index (χ2v) is 11.7. The van der Waals surface area contributed by atoms with Gasteiger partial charge in [-0.3, -0.25) is 0 Å². The van der Waals surface area contributed by atoms with Crippen molar-refractivity contribution in [3.05, 3.63) is 47.0 Å². The fourth-order valence-corrected chi connectivity index (χ4v) is 6.38. The zero-order valence-corrected chi connectivity index (χ0v) is 19.8. The van der Waals surface area contributed by atoms with Crippen LogP contribution in [0.3, 0.4) is 0 Å². The molecule has 0 atom stereocenters. The van der Waals surface area contributed by atoms with E-state index in [1.165, 1.54) is 74.1 Å². The minimum absolute atomic E-state index is 0.648. The van der Waals surface area contributed by atoms with Crippen molar-refractivity contribution in [1.82, 2.24) is 29.5 Å². The fraction of sp³-hybridized carbons (Fsp3) is 0.583. The molecule has 4 aliphatic carbocycles. The van der Waals surface area contributed by atoms with Gasteiger partial charge in [-0.15, -0.1) is 20.4 Å². The summed E-state index contributed by atoms with van der Waals surface area (Å²) in [5, 5.41) is 20.4. The molecule has 2 aromatic heterocycles. The summed E-state index contributed by atoms with van der Waals surface area (Å²) in [6.07, 6.45) is 10.3. The molecular formula is C24H28N6S2. The van der Waals surface area contributed by atoms with Crippen molar-refractivity contribution in [2.24, 2.45) is 0 Å². The molecule has 0 amide bonds. The van der Waals surface area contributed by atoms with Crippen molar-refractivity contribution in [2.75, 3.05) is 0 Å². The molecule has 4 fully saturated rings. The summed E-state index contributed by atoms with van der Waals surface area (Å²) in [7, 11) is 0. The van der Waals surface area contributed by atoms with Gasteiger partial charge in [-0.2, -0.15) is 0 Å². The van der Waals surface area contributed by atoms with Crippen LogP contribution in [0.5, 0.6) is 0 Å². The maximum absolute atomic E-state index is 4.56. The second-order valence-electron chi connectivity index (χ2n) is 9.83. The first kappa shape index (κ1) is 19.6. The van der Waals surface area contributed by atoms with E-state index in [1.54, 1.807) is 0 Å². The molecule has 4 aliphatic rings. The Morgan fingerprint density at radius 3 is 1.53 bits per heavy atom. The SMILES string of the molecule is c1cc(CSc2nnc(C3CC3)n2C2CC2)cc(CSc2nnc(C3CC3)n2C2CC2)c1. The van der Waals surface area contributed by atoms with E-state index in [4.69, 9.17) is 0 Å². The first-order valence-electron chi connectivity index (χ1n) is 12.1. The zero-order chi connectivity index (χ0) is 21.1. The number of nitrogens with zero attached hydrogens (tertiary/aromatic N) is 6. The van der Waals surface area contributed by atoms with Crippen LogP contribution in [0.2, 0.25) is 0 Å². The average molecular weight is 465 g/mol. The highest BCUT2D eigenvalue weighted by atomic mass is 32.2. The molecule has 0 N–H and O–H groups in total. The first-order chi connectivity index (χ1) is 15.8. The summed E-state index contributed by atoms with van der Waals surface area (Å²) in [5.41, 5.74) is 2.71. The summed E-state index contributed by atoms with van der Waals surface area (Å²) in [5.74, 6) is 5.69. The Kier molecular flexibility index (Phi) is 4.85. The number of thioether (sulfide) groups is 2. The molecule has 4 saturated carbocycles. The van der Waals surface area contributed by atoms with Crippen molar-refractivity contribution in [3.8, 4) is 0 Å². The Morgan fingerprint density at radius 1 is 0.656 bits per heavy atom. The number of rotatable bonds is 10. The monoisotopic (exact) mass is 464 g/mol. The lowest BCUT2D eigenvalue weighted by molar-refractivity contribution is 0.627. The minimum Gasteiger partial charge on any atom is -0.303 e. The van der Waals surface area contributed by atoms with Gasteiger partial charge in [-0.1, -0.05) is 47.8 Å². The maximum atomic E-state index is 4.56. The molecule has 3 aromatic rings. The molecular weight excluding hydrogens is 436 g/mol. The van der Waals surface area contributed by atoms with Crippen LogP contribution in [-0.4, -0.2) is 29.5 Å². The van der Waals surface area contributed by atoms with Crippen LogP contribution in [0, 0.1) is 0 Å². The molecule has 8 heteroatoms. The standard InChI is InChI=1S/C24H28N6S2/c1-2-15(13-31-23-27-25-21(17-4-5-17)29(23)19-8-9-19)12-16(3-1)14-32-24-28-26-22(18-6-7-18)30(24)20-10-11-20/h1-3,12,17-20H,4-11,13-14H2. The van der Waals surface area contributed by atoms with Crippen LogP contribution >= 0.6 is 23.5 Å². The van der Waals surface area contributed by atoms with E-state index in [2.05, 4.69) is 53.8 Å². The highest BCUT2D eigenvalue weighted by molar-refractivity contribution is 7.98. The lowest BCUT2D eigenvalue weighted by atomic mass is 10.2. The van der Waals surface area contributed by atoms with E-state index in [-0.39, 0.29) is 0 Å². The highest BCUT2D eigenvalue weighted by Crippen LogP contribution is 2.47. The molecule has 0 radical (unpaired) electrons. The highest BCUT2D eigenvalue weighted by Gasteiger charge is 2.37. The number of aromatic nitrogens is 6. The van der Waals surface area contributed by atoms with Gasteiger partial charge in [0, 0.05) is 35.4 Å². The maximum Gasteiger partial charge on any atom is 0.191 e. The van der Waals surface area contributed by atoms with Crippen molar-refractivity contribution >= 4 is 23.5 Å². The van der Waals surface area contributed by atoms with Crippen LogP contribution in [-0.2, 0) is 11.5 Å². The molecule has 1 aromatic carbocycles. The zero-order valence-electron chi connectivity index (χ0n) is 18.2. The minimum atomic E-state index is 0.648. The molecule has 0 aliphatic heterocycles. The van der Waals surface area contributed by atoms with Gasteiger partial charge < -0.3 is 9.13 Å². The summed E-state index contributed by atoms with van der Waals surface area (Å²) in [4.78, 5) is 0. The quantitative estimate of drug-likeness (QED) is 0.349. The largest absolute Gasteiger partial charge is 0.303 e. The predicted molar refractivity (Wildman–Crippen MR) is 126 cm³/mol. The Balaban J connectivity index is 1.03. The van der Waals surface area contributed by atoms with Gasteiger partial charge in [-0.05, 0) is 62.5 Å². The number of hydrogen-bond acceptors (Lipinski definition) is 6. The van der Waals surface area contributed by atoms with E-state index >= 15 is 0 Å². The lowest BCUT2D eigenvalue weighted by Crippen LogP contribution is -2.02. The third kappa shape index (κ3) is 4.00. The van der Waals surface area contributed by atoms with Crippen molar-refractivity contribution < 1.29 is 0 Å². The van der Waals surface area contributed by atoms with Crippen LogP contribution in [0.15, 0.2) is 34.6 Å². The lowest BCUT2D eigenvalue weighted by Gasteiger charge is -2.10. The van der Waals surface area contributed by atoms with Gasteiger partial charge in [-0.25, -0.2) is 0 Å². The van der Waals surface area contributed by atoms with E-state index in [1.807, 2.05) is 23.5 Å². The summed E-state index contributed by atoms with van der Waals surface area (Å²) in [6.45, 7) is 0. The molecule has 2 heterocycles.